The van der Waals surface area contributed by atoms with Gasteiger partial charge in [0, 0.05) is 32.8 Å². The SMILES string of the molecule is O=C(O)CN1CCN(S(=O)(=O)CC2CCCO2)CC1. The molecule has 0 aliphatic carbocycles. The maximum atomic E-state index is 12.2. The molecule has 0 aromatic rings. The summed E-state index contributed by atoms with van der Waals surface area (Å²) in [5.74, 6) is -0.831. The molecule has 2 saturated heterocycles. The highest BCUT2D eigenvalue weighted by Gasteiger charge is 2.31. The van der Waals surface area contributed by atoms with Crippen LogP contribution in [0.2, 0.25) is 0 Å². The van der Waals surface area contributed by atoms with Gasteiger partial charge in [-0.1, -0.05) is 0 Å². The average Bonchev–Trinajstić information content (AvgIpc) is 2.81. The summed E-state index contributed by atoms with van der Waals surface area (Å²) in [6.07, 6.45) is 1.55. The van der Waals surface area contributed by atoms with E-state index >= 15 is 0 Å². The van der Waals surface area contributed by atoms with Crippen molar-refractivity contribution in [3.8, 4) is 0 Å². The number of carboxylic acids is 1. The Labute approximate surface area is 113 Å². The molecule has 1 atom stereocenters. The van der Waals surface area contributed by atoms with Crippen LogP contribution in [-0.2, 0) is 19.6 Å². The van der Waals surface area contributed by atoms with Crippen molar-refractivity contribution in [2.24, 2.45) is 0 Å². The summed E-state index contributed by atoms with van der Waals surface area (Å²) in [4.78, 5) is 12.3. The first-order valence-corrected chi connectivity index (χ1v) is 8.12. The highest BCUT2D eigenvalue weighted by molar-refractivity contribution is 7.89. The third-order valence-electron chi connectivity index (χ3n) is 3.50. The molecular weight excluding hydrogens is 272 g/mol. The Bertz CT molecular complexity index is 411. The van der Waals surface area contributed by atoms with Gasteiger partial charge in [-0.05, 0) is 12.8 Å². The summed E-state index contributed by atoms with van der Waals surface area (Å²) in [6, 6.07) is 0. The second kappa shape index (κ2) is 6.17. The number of hydrogen-bond donors (Lipinski definition) is 1. The maximum Gasteiger partial charge on any atom is 0.317 e. The van der Waals surface area contributed by atoms with Crippen LogP contribution in [0.3, 0.4) is 0 Å². The lowest BCUT2D eigenvalue weighted by atomic mass is 10.3. The van der Waals surface area contributed by atoms with Crippen LogP contribution < -0.4 is 0 Å². The molecule has 2 rings (SSSR count). The van der Waals surface area contributed by atoms with Crippen LogP contribution in [0.15, 0.2) is 0 Å². The van der Waals surface area contributed by atoms with Crippen molar-refractivity contribution in [2.75, 3.05) is 45.1 Å². The zero-order chi connectivity index (χ0) is 13.9. The fourth-order valence-electron chi connectivity index (χ4n) is 2.47. The van der Waals surface area contributed by atoms with Crippen molar-refractivity contribution in [1.82, 2.24) is 9.21 Å². The normalized spacial score (nSPS) is 26.6. The first kappa shape index (κ1) is 14.7. The molecule has 19 heavy (non-hydrogen) atoms. The van der Waals surface area contributed by atoms with Gasteiger partial charge in [-0.25, -0.2) is 8.42 Å². The standard InChI is InChI=1S/C11H20N2O5S/c14-11(15)8-12-3-5-13(6-4-12)19(16,17)9-10-2-1-7-18-10/h10H,1-9H2,(H,14,15). The van der Waals surface area contributed by atoms with Gasteiger partial charge in [-0.2, -0.15) is 4.31 Å². The predicted octanol–water partition coefficient (Wildman–Crippen LogP) is -0.803. The zero-order valence-corrected chi connectivity index (χ0v) is 11.6. The van der Waals surface area contributed by atoms with E-state index in [1.165, 1.54) is 4.31 Å². The highest BCUT2D eigenvalue weighted by atomic mass is 32.2. The van der Waals surface area contributed by atoms with Crippen LogP contribution in [0.1, 0.15) is 12.8 Å². The Morgan fingerprint density at radius 1 is 1.26 bits per heavy atom. The molecule has 0 aromatic carbocycles. The summed E-state index contributed by atoms with van der Waals surface area (Å²) < 4.78 is 31.2. The molecule has 2 aliphatic heterocycles. The van der Waals surface area contributed by atoms with Crippen molar-refractivity contribution < 1.29 is 23.1 Å². The molecule has 7 nitrogen and oxygen atoms in total. The van der Waals surface area contributed by atoms with Crippen LogP contribution in [0, 0.1) is 0 Å². The summed E-state index contributed by atoms with van der Waals surface area (Å²) in [5.41, 5.74) is 0. The van der Waals surface area contributed by atoms with Crippen molar-refractivity contribution >= 4 is 16.0 Å². The number of piperazine rings is 1. The van der Waals surface area contributed by atoms with Gasteiger partial charge < -0.3 is 9.84 Å². The van der Waals surface area contributed by atoms with Gasteiger partial charge in [-0.15, -0.1) is 0 Å². The molecule has 0 amide bonds. The minimum atomic E-state index is -3.28. The van der Waals surface area contributed by atoms with Gasteiger partial charge in [0.15, 0.2) is 0 Å². The summed E-state index contributed by atoms with van der Waals surface area (Å²) in [7, 11) is -3.28. The lowest BCUT2D eigenvalue weighted by molar-refractivity contribution is -0.138. The van der Waals surface area contributed by atoms with Crippen LogP contribution in [0.25, 0.3) is 0 Å². The number of carbonyl (C=O) groups is 1. The lowest BCUT2D eigenvalue weighted by Gasteiger charge is -2.33. The number of aliphatic carboxylic acids is 1. The summed E-state index contributed by atoms with van der Waals surface area (Å²) in [6.45, 7) is 2.28. The monoisotopic (exact) mass is 292 g/mol. The lowest BCUT2D eigenvalue weighted by Crippen LogP contribution is -2.51. The van der Waals surface area contributed by atoms with E-state index in [-0.39, 0.29) is 18.4 Å². The van der Waals surface area contributed by atoms with E-state index in [1.807, 2.05) is 0 Å². The number of rotatable bonds is 5. The van der Waals surface area contributed by atoms with Gasteiger partial charge in [0.1, 0.15) is 0 Å². The van der Waals surface area contributed by atoms with Crippen LogP contribution in [0.5, 0.6) is 0 Å². The molecule has 1 N–H and O–H groups in total. The van der Waals surface area contributed by atoms with E-state index in [1.54, 1.807) is 4.90 Å². The third kappa shape index (κ3) is 4.13. The molecule has 0 radical (unpaired) electrons. The molecule has 0 bridgehead atoms. The minimum Gasteiger partial charge on any atom is -0.480 e. The Kier molecular flexibility index (Phi) is 4.77. The third-order valence-corrected chi connectivity index (χ3v) is 5.45. The molecule has 0 spiro atoms. The Morgan fingerprint density at radius 2 is 1.95 bits per heavy atom. The largest absolute Gasteiger partial charge is 0.480 e. The quantitative estimate of drug-likeness (QED) is 0.713. The molecular formula is C11H20N2O5S. The van der Waals surface area contributed by atoms with E-state index in [2.05, 4.69) is 0 Å². The van der Waals surface area contributed by atoms with Gasteiger partial charge in [0.25, 0.3) is 0 Å². The molecule has 2 fully saturated rings. The number of hydrogen-bond acceptors (Lipinski definition) is 5. The first-order chi connectivity index (χ1) is 8.97. The second-order valence-electron chi connectivity index (χ2n) is 4.98. The summed E-state index contributed by atoms with van der Waals surface area (Å²) >= 11 is 0. The van der Waals surface area contributed by atoms with Crippen molar-refractivity contribution in [2.45, 2.75) is 18.9 Å². The van der Waals surface area contributed by atoms with Crippen molar-refractivity contribution in [1.29, 1.82) is 0 Å². The summed E-state index contributed by atoms with van der Waals surface area (Å²) in [5, 5.41) is 8.69. The Balaban J connectivity index is 1.83. The molecule has 2 heterocycles. The van der Waals surface area contributed by atoms with Gasteiger partial charge in [0.05, 0.1) is 18.4 Å². The van der Waals surface area contributed by atoms with E-state index in [4.69, 9.17) is 9.84 Å². The van der Waals surface area contributed by atoms with E-state index < -0.39 is 16.0 Å². The van der Waals surface area contributed by atoms with Crippen LogP contribution >= 0.6 is 0 Å². The molecule has 0 aromatic heterocycles. The second-order valence-corrected chi connectivity index (χ2v) is 7.00. The smallest absolute Gasteiger partial charge is 0.317 e. The Hall–Kier alpha value is -0.700. The number of nitrogens with zero attached hydrogens (tertiary/aromatic N) is 2. The van der Waals surface area contributed by atoms with Crippen molar-refractivity contribution in [3.05, 3.63) is 0 Å². The number of ether oxygens (including phenoxy) is 1. The average molecular weight is 292 g/mol. The van der Waals surface area contributed by atoms with E-state index in [9.17, 15) is 13.2 Å². The van der Waals surface area contributed by atoms with Crippen molar-refractivity contribution in [3.63, 3.8) is 0 Å². The predicted molar refractivity (Wildman–Crippen MR) is 68.4 cm³/mol. The number of carboxylic acid groups (broad SMARTS) is 1. The molecule has 1 unspecified atom stereocenters. The molecule has 110 valence electrons. The molecule has 0 saturated carbocycles. The number of sulfonamides is 1. The highest BCUT2D eigenvalue weighted by Crippen LogP contribution is 2.17. The Morgan fingerprint density at radius 3 is 2.47 bits per heavy atom. The fourth-order valence-corrected chi connectivity index (χ4v) is 4.14. The van der Waals surface area contributed by atoms with E-state index in [0.29, 0.717) is 32.8 Å². The zero-order valence-electron chi connectivity index (χ0n) is 10.8. The topological polar surface area (TPSA) is 87.2 Å². The minimum absolute atomic E-state index is 0.0282. The molecule has 8 heteroatoms. The van der Waals surface area contributed by atoms with E-state index in [0.717, 1.165) is 12.8 Å². The van der Waals surface area contributed by atoms with Crippen LogP contribution in [-0.4, -0.2) is 79.9 Å². The van der Waals surface area contributed by atoms with Gasteiger partial charge in [-0.3, -0.25) is 9.69 Å². The molecule has 2 aliphatic rings. The first-order valence-electron chi connectivity index (χ1n) is 6.51. The maximum absolute atomic E-state index is 12.2. The van der Waals surface area contributed by atoms with Crippen LogP contribution in [0.4, 0.5) is 0 Å². The van der Waals surface area contributed by atoms with Gasteiger partial charge >= 0.3 is 5.97 Å². The fraction of sp³-hybridized carbons (Fsp3) is 0.909. The van der Waals surface area contributed by atoms with Gasteiger partial charge in [0.2, 0.25) is 10.0 Å².